The van der Waals surface area contributed by atoms with Crippen molar-refractivity contribution < 1.29 is 24.1 Å². The van der Waals surface area contributed by atoms with Crippen LogP contribution in [0, 0.1) is 16.0 Å². The normalized spacial score (nSPS) is 16.4. The molecule has 0 saturated carbocycles. The third kappa shape index (κ3) is 4.85. The number of hydrogen-bond acceptors (Lipinski definition) is 7. The van der Waals surface area contributed by atoms with E-state index in [1.165, 1.54) is 32.4 Å². The Morgan fingerprint density at radius 3 is 2.43 bits per heavy atom. The zero-order valence-corrected chi connectivity index (χ0v) is 18.0. The van der Waals surface area contributed by atoms with Gasteiger partial charge >= 0.3 is 5.97 Å². The number of ether oxygens (including phenoxy) is 1. The topological polar surface area (TPSA) is 111 Å². The number of allylic oxidation sites excluding steroid dienone is 2. The molecule has 1 aromatic carbocycles. The van der Waals surface area contributed by atoms with Crippen LogP contribution in [-0.2, 0) is 19.2 Å². The molecule has 1 N–H and O–H groups in total. The number of carbonyl (C=O) groups is 2. The molecule has 0 radical (unpaired) electrons. The van der Waals surface area contributed by atoms with Gasteiger partial charge in [-0.3, -0.25) is 19.7 Å². The molecule has 1 heterocycles. The highest BCUT2D eigenvalue weighted by atomic mass is 16.7. The summed E-state index contributed by atoms with van der Waals surface area (Å²) in [5, 5.41) is 15.4. The van der Waals surface area contributed by atoms with Crippen LogP contribution in [0.25, 0.3) is 0 Å². The molecule has 1 atom stereocenters. The number of rotatable bonds is 7. The lowest BCUT2D eigenvalue weighted by Crippen LogP contribution is -2.37. The highest BCUT2D eigenvalue weighted by Crippen LogP contribution is 2.40. The second kappa shape index (κ2) is 9.53. The highest BCUT2D eigenvalue weighted by molar-refractivity contribution is 6.01. The summed E-state index contributed by atoms with van der Waals surface area (Å²) < 4.78 is 5.44. The molecule has 30 heavy (non-hydrogen) atoms. The fourth-order valence-corrected chi connectivity index (χ4v) is 3.27. The number of hydrogen-bond donors (Lipinski definition) is 1. The Kier molecular flexibility index (Phi) is 7.33. The zero-order chi connectivity index (χ0) is 22.6. The minimum absolute atomic E-state index is 0.126. The monoisotopic (exact) mass is 417 g/mol. The molecule has 9 nitrogen and oxygen atoms in total. The fourth-order valence-electron chi connectivity index (χ4n) is 3.27. The van der Waals surface area contributed by atoms with Crippen molar-refractivity contribution in [3.63, 3.8) is 0 Å². The molecule has 9 heteroatoms. The van der Waals surface area contributed by atoms with Gasteiger partial charge in [-0.1, -0.05) is 26.0 Å². The molecule has 1 aliphatic rings. The molecule has 0 aliphatic carbocycles. The average Bonchev–Trinajstić information content (AvgIpc) is 2.70. The highest BCUT2D eigenvalue weighted by Gasteiger charge is 2.39. The molecular weight excluding hydrogens is 390 g/mol. The molecule has 1 unspecified atom stereocenters. The van der Waals surface area contributed by atoms with Crippen LogP contribution in [0.4, 0.5) is 5.69 Å². The molecule has 0 fully saturated rings. The second-order valence-electron chi connectivity index (χ2n) is 7.46. The van der Waals surface area contributed by atoms with Crippen LogP contribution in [0.5, 0.6) is 0 Å². The van der Waals surface area contributed by atoms with Crippen molar-refractivity contribution in [3.8, 4) is 0 Å². The van der Waals surface area contributed by atoms with Gasteiger partial charge in [0.05, 0.1) is 35.7 Å². The smallest absolute Gasteiger partial charge is 0.336 e. The van der Waals surface area contributed by atoms with Crippen LogP contribution in [0.2, 0.25) is 0 Å². The number of nitro benzene ring substituents is 1. The Bertz CT molecular complexity index is 919. The van der Waals surface area contributed by atoms with Crippen LogP contribution in [-0.4, -0.2) is 42.6 Å². The maximum atomic E-state index is 13.1. The molecule has 1 amide bonds. The van der Waals surface area contributed by atoms with E-state index in [4.69, 9.17) is 9.57 Å². The van der Waals surface area contributed by atoms with E-state index in [0.717, 1.165) is 5.06 Å². The largest absolute Gasteiger partial charge is 0.462 e. The van der Waals surface area contributed by atoms with Crippen molar-refractivity contribution in [1.82, 2.24) is 10.4 Å². The van der Waals surface area contributed by atoms with Gasteiger partial charge in [-0.05, 0) is 25.3 Å². The van der Waals surface area contributed by atoms with Gasteiger partial charge in [0.2, 0.25) is 0 Å². The Hall–Kier alpha value is -3.20. The first-order chi connectivity index (χ1) is 14.1. The number of carbonyl (C=O) groups excluding carboxylic acids is 2. The quantitative estimate of drug-likeness (QED) is 0.412. The van der Waals surface area contributed by atoms with Crippen molar-refractivity contribution in [2.45, 2.75) is 33.6 Å². The van der Waals surface area contributed by atoms with Gasteiger partial charge in [0, 0.05) is 30.6 Å². The van der Waals surface area contributed by atoms with Crippen LogP contribution < -0.4 is 5.32 Å². The van der Waals surface area contributed by atoms with Gasteiger partial charge in [-0.2, -0.15) is 0 Å². The summed E-state index contributed by atoms with van der Waals surface area (Å²) in [6, 6.07) is 5.91. The number of dihydropyridines is 1. The van der Waals surface area contributed by atoms with Crippen LogP contribution >= 0.6 is 0 Å². The maximum Gasteiger partial charge on any atom is 0.336 e. The lowest BCUT2D eigenvalue weighted by molar-refractivity contribution is -0.384. The first-order valence-corrected chi connectivity index (χ1v) is 9.50. The molecule has 0 saturated heterocycles. The van der Waals surface area contributed by atoms with Crippen molar-refractivity contribution in [2.24, 2.45) is 5.92 Å². The summed E-state index contributed by atoms with van der Waals surface area (Å²) >= 11 is 0. The van der Waals surface area contributed by atoms with Gasteiger partial charge in [0.1, 0.15) is 0 Å². The van der Waals surface area contributed by atoms with E-state index in [-0.39, 0.29) is 29.4 Å². The first kappa shape index (κ1) is 23.1. The lowest BCUT2D eigenvalue weighted by Gasteiger charge is -2.32. The van der Waals surface area contributed by atoms with Crippen molar-refractivity contribution in [2.75, 3.05) is 20.8 Å². The summed E-state index contributed by atoms with van der Waals surface area (Å²) in [5.41, 5.74) is 1.83. The number of amides is 1. The molecule has 1 aromatic rings. The minimum Gasteiger partial charge on any atom is -0.462 e. The van der Waals surface area contributed by atoms with Crippen molar-refractivity contribution in [3.05, 3.63) is 62.5 Å². The fraction of sp³-hybridized carbons (Fsp3) is 0.429. The summed E-state index contributed by atoms with van der Waals surface area (Å²) in [5.74, 6) is -1.78. The first-order valence-electron chi connectivity index (χ1n) is 9.50. The molecule has 162 valence electrons. The number of esters is 1. The Labute approximate surface area is 175 Å². The molecule has 0 bridgehead atoms. The number of nitro groups is 1. The summed E-state index contributed by atoms with van der Waals surface area (Å²) in [7, 11) is 2.81. The maximum absolute atomic E-state index is 13.1. The molecule has 1 aliphatic heterocycles. The van der Waals surface area contributed by atoms with Gasteiger partial charge < -0.3 is 10.1 Å². The van der Waals surface area contributed by atoms with E-state index >= 15 is 0 Å². The van der Waals surface area contributed by atoms with Crippen LogP contribution in [0.15, 0.2) is 46.8 Å². The predicted octanol–water partition coefficient (Wildman–Crippen LogP) is 3.05. The van der Waals surface area contributed by atoms with E-state index in [0.29, 0.717) is 17.0 Å². The second-order valence-corrected chi connectivity index (χ2v) is 7.46. The van der Waals surface area contributed by atoms with Gasteiger partial charge in [0.25, 0.3) is 11.6 Å². The number of hydroxylamine groups is 2. The zero-order valence-electron chi connectivity index (χ0n) is 18.0. The standard InChI is InChI=1S/C21H27N3O6/c1-12(2)11-30-21(26)18-14(4)22-13(3)17(20(25)23(5)29-6)19(18)15-8-7-9-16(10-15)24(27)28/h7-10,12,19,22H,11H2,1-6H3. The van der Waals surface area contributed by atoms with E-state index in [9.17, 15) is 19.7 Å². The van der Waals surface area contributed by atoms with E-state index in [2.05, 4.69) is 5.32 Å². The van der Waals surface area contributed by atoms with Gasteiger partial charge in [0.15, 0.2) is 0 Å². The van der Waals surface area contributed by atoms with E-state index < -0.39 is 22.7 Å². The third-order valence-electron chi connectivity index (χ3n) is 4.73. The van der Waals surface area contributed by atoms with Gasteiger partial charge in [-0.15, -0.1) is 0 Å². The number of likely N-dealkylation sites (N-methyl/N-ethyl adjacent to an activating group) is 1. The SMILES string of the molecule is CON(C)C(=O)C1=C(C)NC(C)=C(C(=O)OCC(C)C)C1c1cccc([N+](=O)[O-])c1. The number of nitrogens with one attached hydrogen (secondary N) is 1. The Balaban J connectivity index is 2.66. The lowest BCUT2D eigenvalue weighted by atomic mass is 9.80. The molecule has 0 aromatic heterocycles. The molecule has 2 rings (SSSR count). The van der Waals surface area contributed by atoms with Crippen LogP contribution in [0.3, 0.4) is 0 Å². The molecular formula is C21H27N3O6. The van der Waals surface area contributed by atoms with Crippen LogP contribution in [0.1, 0.15) is 39.2 Å². The molecule has 0 spiro atoms. The summed E-state index contributed by atoms with van der Waals surface area (Å²) in [4.78, 5) is 41.9. The Morgan fingerprint density at radius 2 is 1.87 bits per heavy atom. The van der Waals surface area contributed by atoms with E-state index in [1.54, 1.807) is 19.9 Å². The third-order valence-corrected chi connectivity index (χ3v) is 4.73. The number of benzene rings is 1. The summed E-state index contributed by atoms with van der Waals surface area (Å²) in [6.45, 7) is 7.46. The number of nitrogens with zero attached hydrogens (tertiary/aromatic N) is 2. The Morgan fingerprint density at radius 1 is 1.23 bits per heavy atom. The minimum atomic E-state index is -0.851. The van der Waals surface area contributed by atoms with Crippen molar-refractivity contribution in [1.29, 1.82) is 0 Å². The summed E-state index contributed by atoms with van der Waals surface area (Å²) in [6.07, 6.45) is 0. The number of non-ortho nitro benzene ring substituents is 1. The van der Waals surface area contributed by atoms with Gasteiger partial charge in [-0.25, -0.2) is 9.86 Å². The van der Waals surface area contributed by atoms with Crippen molar-refractivity contribution >= 4 is 17.6 Å². The van der Waals surface area contributed by atoms with E-state index in [1.807, 2.05) is 13.8 Å². The average molecular weight is 417 g/mol. The predicted molar refractivity (Wildman–Crippen MR) is 110 cm³/mol.